The molecule has 1 aromatic rings. The molecule has 1 aromatic carbocycles. The molecule has 1 heterocycles. The third-order valence-electron chi connectivity index (χ3n) is 3.49. The zero-order valence-corrected chi connectivity index (χ0v) is 12.3. The molecule has 7 heteroatoms. The molecule has 0 atom stereocenters. The van der Waals surface area contributed by atoms with E-state index in [9.17, 15) is 18.4 Å². The first-order valence-electron chi connectivity index (χ1n) is 7.07. The molecule has 0 unspecified atom stereocenters. The van der Waals surface area contributed by atoms with Crippen LogP contribution in [0.25, 0.3) is 0 Å². The van der Waals surface area contributed by atoms with Gasteiger partial charge in [-0.15, -0.1) is 0 Å². The number of anilines is 1. The second-order valence-electron chi connectivity index (χ2n) is 5.01. The van der Waals surface area contributed by atoms with Crippen LogP contribution in [0, 0.1) is 11.6 Å². The number of morpholine rings is 1. The van der Waals surface area contributed by atoms with Gasteiger partial charge in [0.1, 0.15) is 11.6 Å². The maximum Gasteiger partial charge on any atom is 0.224 e. The second-order valence-corrected chi connectivity index (χ2v) is 5.01. The third-order valence-corrected chi connectivity index (χ3v) is 3.49. The van der Waals surface area contributed by atoms with Crippen LogP contribution >= 0.6 is 0 Å². The molecule has 1 saturated heterocycles. The van der Waals surface area contributed by atoms with Crippen LogP contribution < -0.4 is 4.90 Å². The highest BCUT2D eigenvalue weighted by atomic mass is 19.1. The Hall–Kier alpha value is -2.02. The van der Waals surface area contributed by atoms with E-state index in [1.807, 2.05) is 0 Å². The maximum absolute atomic E-state index is 13.8. The Morgan fingerprint density at radius 1 is 1.27 bits per heavy atom. The van der Waals surface area contributed by atoms with Gasteiger partial charge in [0.25, 0.3) is 0 Å². The van der Waals surface area contributed by atoms with Gasteiger partial charge in [-0.1, -0.05) is 0 Å². The average molecular weight is 312 g/mol. The number of carbonyl (C=O) groups is 2. The molecule has 1 aliphatic rings. The summed E-state index contributed by atoms with van der Waals surface area (Å²) in [6, 6.07) is 3.00. The first kappa shape index (κ1) is 16.4. The van der Waals surface area contributed by atoms with Crippen molar-refractivity contribution >= 4 is 17.5 Å². The number of carbonyl (C=O) groups excluding carboxylic acids is 2. The molecule has 0 aromatic heterocycles. The lowest BCUT2D eigenvalue weighted by Crippen LogP contribution is -2.42. The van der Waals surface area contributed by atoms with E-state index in [-0.39, 0.29) is 24.6 Å². The first-order chi connectivity index (χ1) is 10.5. The summed E-state index contributed by atoms with van der Waals surface area (Å²) in [6.45, 7) is 3.35. The summed E-state index contributed by atoms with van der Waals surface area (Å²) >= 11 is 0. The number of benzene rings is 1. The molecule has 0 aliphatic carbocycles. The zero-order chi connectivity index (χ0) is 16.1. The van der Waals surface area contributed by atoms with Crippen molar-refractivity contribution in [2.45, 2.75) is 13.3 Å². The molecular weight excluding hydrogens is 294 g/mol. The van der Waals surface area contributed by atoms with Crippen molar-refractivity contribution in [1.82, 2.24) is 4.90 Å². The van der Waals surface area contributed by atoms with Crippen LogP contribution in [0.15, 0.2) is 18.2 Å². The van der Waals surface area contributed by atoms with Crippen molar-refractivity contribution in [2.24, 2.45) is 0 Å². The van der Waals surface area contributed by atoms with Crippen LogP contribution in [0.4, 0.5) is 14.5 Å². The predicted octanol–water partition coefficient (Wildman–Crippen LogP) is 1.57. The first-order valence-corrected chi connectivity index (χ1v) is 7.07. The molecule has 22 heavy (non-hydrogen) atoms. The molecule has 2 amide bonds. The van der Waals surface area contributed by atoms with Crippen LogP contribution in [0.1, 0.15) is 13.3 Å². The summed E-state index contributed by atoms with van der Waals surface area (Å²) in [7, 11) is 0. The number of amides is 2. The van der Waals surface area contributed by atoms with E-state index in [1.54, 1.807) is 4.90 Å². The molecule has 0 N–H and O–H groups in total. The maximum atomic E-state index is 13.8. The fraction of sp³-hybridized carbons (Fsp3) is 0.467. The van der Waals surface area contributed by atoms with E-state index in [1.165, 1.54) is 13.0 Å². The third kappa shape index (κ3) is 4.00. The zero-order valence-electron chi connectivity index (χ0n) is 12.3. The van der Waals surface area contributed by atoms with Gasteiger partial charge in [-0.3, -0.25) is 9.59 Å². The van der Waals surface area contributed by atoms with Crippen LogP contribution in [0.3, 0.4) is 0 Å². The van der Waals surface area contributed by atoms with Gasteiger partial charge in [-0.2, -0.15) is 0 Å². The largest absolute Gasteiger partial charge is 0.378 e. The fourth-order valence-electron chi connectivity index (χ4n) is 2.33. The van der Waals surface area contributed by atoms with E-state index >= 15 is 0 Å². The highest BCUT2D eigenvalue weighted by Gasteiger charge is 2.21. The Morgan fingerprint density at radius 2 is 1.95 bits per heavy atom. The molecule has 0 bridgehead atoms. The predicted molar refractivity (Wildman–Crippen MR) is 76.4 cm³/mol. The minimum Gasteiger partial charge on any atom is -0.378 e. The summed E-state index contributed by atoms with van der Waals surface area (Å²) in [5, 5.41) is 0. The van der Waals surface area contributed by atoms with E-state index in [2.05, 4.69) is 0 Å². The van der Waals surface area contributed by atoms with Gasteiger partial charge in [0.05, 0.1) is 18.9 Å². The molecule has 0 saturated carbocycles. The summed E-state index contributed by atoms with van der Waals surface area (Å²) in [4.78, 5) is 26.6. The van der Waals surface area contributed by atoms with E-state index < -0.39 is 17.5 Å². The molecule has 1 aliphatic heterocycles. The van der Waals surface area contributed by atoms with Gasteiger partial charge in [0.15, 0.2) is 0 Å². The summed E-state index contributed by atoms with van der Waals surface area (Å²) in [5.41, 5.74) is -0.0244. The van der Waals surface area contributed by atoms with Gasteiger partial charge in [-0.05, 0) is 12.1 Å². The number of halogens is 2. The molecule has 1 fully saturated rings. The number of ether oxygens (including phenoxy) is 1. The van der Waals surface area contributed by atoms with Crippen molar-refractivity contribution in [3.8, 4) is 0 Å². The average Bonchev–Trinajstić information content (AvgIpc) is 2.49. The number of hydrogen-bond donors (Lipinski definition) is 0. The SMILES string of the molecule is CC(=O)N(CCC(=O)N1CCOCC1)c1ccc(F)cc1F. The second kappa shape index (κ2) is 7.31. The van der Waals surface area contributed by atoms with Crippen molar-refractivity contribution in [1.29, 1.82) is 0 Å². The van der Waals surface area contributed by atoms with Crippen LogP contribution in [-0.2, 0) is 14.3 Å². The van der Waals surface area contributed by atoms with Crippen molar-refractivity contribution in [3.05, 3.63) is 29.8 Å². The molecule has 2 rings (SSSR count). The summed E-state index contributed by atoms with van der Waals surface area (Å²) in [5.74, 6) is -2.06. The number of nitrogens with zero attached hydrogens (tertiary/aromatic N) is 2. The van der Waals surface area contributed by atoms with Gasteiger partial charge in [0, 0.05) is 39.0 Å². The lowest BCUT2D eigenvalue weighted by Gasteiger charge is -2.28. The monoisotopic (exact) mass is 312 g/mol. The highest BCUT2D eigenvalue weighted by molar-refractivity contribution is 5.92. The van der Waals surface area contributed by atoms with Gasteiger partial charge in [-0.25, -0.2) is 8.78 Å². The lowest BCUT2D eigenvalue weighted by molar-refractivity contribution is -0.135. The molecule has 0 spiro atoms. The molecule has 5 nitrogen and oxygen atoms in total. The number of rotatable bonds is 4. The van der Waals surface area contributed by atoms with E-state index in [0.717, 1.165) is 17.0 Å². The Morgan fingerprint density at radius 3 is 2.55 bits per heavy atom. The van der Waals surface area contributed by atoms with E-state index in [4.69, 9.17) is 4.74 Å². The van der Waals surface area contributed by atoms with Crippen molar-refractivity contribution in [2.75, 3.05) is 37.7 Å². The smallest absolute Gasteiger partial charge is 0.224 e. The summed E-state index contributed by atoms with van der Waals surface area (Å²) < 4.78 is 31.9. The quantitative estimate of drug-likeness (QED) is 0.848. The van der Waals surface area contributed by atoms with Crippen molar-refractivity contribution < 1.29 is 23.1 Å². The van der Waals surface area contributed by atoms with Gasteiger partial charge >= 0.3 is 0 Å². The Bertz CT molecular complexity index is 560. The Labute approximate surface area is 127 Å². The molecular formula is C15H18F2N2O3. The molecule has 120 valence electrons. The minimum absolute atomic E-state index is 0.0244. The molecule has 0 radical (unpaired) electrons. The van der Waals surface area contributed by atoms with Crippen LogP contribution in [0.5, 0.6) is 0 Å². The van der Waals surface area contributed by atoms with E-state index in [0.29, 0.717) is 26.3 Å². The van der Waals surface area contributed by atoms with Crippen molar-refractivity contribution in [3.63, 3.8) is 0 Å². The normalized spacial score (nSPS) is 14.8. The Kier molecular flexibility index (Phi) is 5.43. The van der Waals surface area contributed by atoms with Gasteiger partial charge in [0.2, 0.25) is 11.8 Å². The fourth-order valence-corrected chi connectivity index (χ4v) is 2.33. The van der Waals surface area contributed by atoms with Crippen LogP contribution in [0.2, 0.25) is 0 Å². The minimum atomic E-state index is -0.825. The van der Waals surface area contributed by atoms with Crippen LogP contribution in [-0.4, -0.2) is 49.6 Å². The topological polar surface area (TPSA) is 49.9 Å². The standard InChI is InChI=1S/C15H18F2N2O3/c1-11(20)19(14-3-2-12(16)10-13(14)17)5-4-15(21)18-6-8-22-9-7-18/h2-3,10H,4-9H2,1H3. The van der Waals surface area contributed by atoms with Gasteiger partial charge < -0.3 is 14.5 Å². The highest BCUT2D eigenvalue weighted by Crippen LogP contribution is 2.21. The summed E-state index contributed by atoms with van der Waals surface area (Å²) in [6.07, 6.45) is 0.0798. The Balaban J connectivity index is 2.02. The lowest BCUT2D eigenvalue weighted by atomic mass is 10.2. The number of hydrogen-bond acceptors (Lipinski definition) is 3.